The molecule has 0 aliphatic heterocycles. The number of nitrogens with zero attached hydrogens (tertiary/aromatic N) is 2. The number of carbonyl (C=O) groups excluding carboxylic acids is 1. The van der Waals surface area contributed by atoms with Gasteiger partial charge in [-0.05, 0) is 30.9 Å². The van der Waals surface area contributed by atoms with Crippen molar-refractivity contribution in [2.75, 3.05) is 0 Å². The molecule has 2 aromatic rings. The van der Waals surface area contributed by atoms with E-state index < -0.39 is 10.8 Å². The molecular weight excluding hydrogens is 358 g/mol. The summed E-state index contributed by atoms with van der Waals surface area (Å²) < 4.78 is 5.67. The van der Waals surface area contributed by atoms with E-state index in [1.54, 1.807) is 24.3 Å². The SMILES string of the molecule is C[C@@H]1CCCC[C@H]1NC(=O)/C(C#N)=C/c1ccc(-c2cccc([N+](=O)[O-])c2)o1. The minimum atomic E-state index is -0.475. The number of carbonyl (C=O) groups is 1. The monoisotopic (exact) mass is 379 g/mol. The Morgan fingerprint density at radius 3 is 2.82 bits per heavy atom. The third-order valence-electron chi connectivity index (χ3n) is 5.05. The lowest BCUT2D eigenvalue weighted by atomic mass is 9.86. The van der Waals surface area contributed by atoms with Gasteiger partial charge in [0, 0.05) is 29.8 Å². The minimum absolute atomic E-state index is 0.0299. The average Bonchev–Trinajstić information content (AvgIpc) is 3.16. The van der Waals surface area contributed by atoms with Crippen LogP contribution in [0.2, 0.25) is 0 Å². The van der Waals surface area contributed by atoms with Crippen LogP contribution in [0.1, 0.15) is 38.4 Å². The van der Waals surface area contributed by atoms with E-state index in [0.29, 0.717) is 23.0 Å². The number of nitrogens with one attached hydrogen (secondary N) is 1. The fraction of sp³-hybridized carbons (Fsp3) is 0.333. The Kier molecular flexibility index (Phi) is 5.90. The van der Waals surface area contributed by atoms with Crippen molar-refractivity contribution in [2.45, 2.75) is 38.6 Å². The largest absolute Gasteiger partial charge is 0.457 e. The van der Waals surface area contributed by atoms with Crippen molar-refractivity contribution < 1.29 is 14.1 Å². The highest BCUT2D eigenvalue weighted by molar-refractivity contribution is 6.01. The van der Waals surface area contributed by atoms with Crippen LogP contribution in [0.5, 0.6) is 0 Å². The second-order valence-electron chi connectivity index (χ2n) is 7.02. The number of non-ortho nitro benzene ring substituents is 1. The number of amides is 1. The van der Waals surface area contributed by atoms with Gasteiger partial charge in [0.05, 0.1) is 4.92 Å². The van der Waals surface area contributed by atoms with Gasteiger partial charge in [-0.3, -0.25) is 14.9 Å². The van der Waals surface area contributed by atoms with Gasteiger partial charge in [-0.2, -0.15) is 5.26 Å². The van der Waals surface area contributed by atoms with Gasteiger partial charge in [-0.1, -0.05) is 31.9 Å². The van der Waals surface area contributed by atoms with Gasteiger partial charge in [-0.25, -0.2) is 0 Å². The Morgan fingerprint density at radius 1 is 1.32 bits per heavy atom. The van der Waals surface area contributed by atoms with Crippen LogP contribution in [-0.4, -0.2) is 16.9 Å². The molecule has 144 valence electrons. The van der Waals surface area contributed by atoms with Crippen LogP contribution in [0.25, 0.3) is 17.4 Å². The predicted molar refractivity (Wildman–Crippen MR) is 104 cm³/mol. The van der Waals surface area contributed by atoms with Crippen molar-refractivity contribution in [2.24, 2.45) is 5.92 Å². The molecule has 3 rings (SSSR count). The first kappa shape index (κ1) is 19.4. The van der Waals surface area contributed by atoms with Crippen molar-refractivity contribution >= 4 is 17.7 Å². The fourth-order valence-corrected chi connectivity index (χ4v) is 3.43. The molecule has 1 aromatic carbocycles. The van der Waals surface area contributed by atoms with Gasteiger partial charge < -0.3 is 9.73 Å². The number of nitriles is 1. The van der Waals surface area contributed by atoms with Crippen molar-refractivity contribution in [1.29, 1.82) is 5.26 Å². The highest BCUT2D eigenvalue weighted by Crippen LogP contribution is 2.27. The van der Waals surface area contributed by atoms with Crippen LogP contribution in [0, 0.1) is 27.4 Å². The van der Waals surface area contributed by atoms with Crippen LogP contribution in [0.15, 0.2) is 46.4 Å². The molecule has 0 saturated heterocycles. The first-order chi connectivity index (χ1) is 13.5. The van der Waals surface area contributed by atoms with E-state index >= 15 is 0 Å². The van der Waals surface area contributed by atoms with E-state index in [4.69, 9.17) is 4.42 Å². The Labute approximate surface area is 162 Å². The zero-order valence-corrected chi connectivity index (χ0v) is 15.6. The Bertz CT molecular complexity index is 955. The maximum Gasteiger partial charge on any atom is 0.270 e. The molecule has 0 bridgehead atoms. The summed E-state index contributed by atoms with van der Waals surface area (Å²) in [4.78, 5) is 22.9. The van der Waals surface area contributed by atoms with Crippen LogP contribution >= 0.6 is 0 Å². The minimum Gasteiger partial charge on any atom is -0.457 e. The summed E-state index contributed by atoms with van der Waals surface area (Å²) in [6.45, 7) is 2.11. The molecule has 2 atom stereocenters. The summed E-state index contributed by atoms with van der Waals surface area (Å²) in [5.41, 5.74) is 0.482. The topological polar surface area (TPSA) is 109 Å². The maximum atomic E-state index is 12.5. The lowest BCUT2D eigenvalue weighted by Crippen LogP contribution is -2.41. The summed E-state index contributed by atoms with van der Waals surface area (Å²) in [6.07, 6.45) is 5.63. The van der Waals surface area contributed by atoms with Crippen LogP contribution < -0.4 is 5.32 Å². The molecule has 7 heteroatoms. The molecular formula is C21H21N3O4. The number of nitro groups is 1. The summed E-state index contributed by atoms with van der Waals surface area (Å²) in [5, 5.41) is 23.3. The predicted octanol–water partition coefficient (Wildman–Crippen LogP) is 4.46. The highest BCUT2D eigenvalue weighted by Gasteiger charge is 2.24. The summed E-state index contributed by atoms with van der Waals surface area (Å²) in [5.74, 6) is 0.745. The van der Waals surface area contributed by atoms with E-state index in [1.165, 1.54) is 24.6 Å². The average molecular weight is 379 g/mol. The molecule has 0 radical (unpaired) electrons. The third-order valence-corrected chi connectivity index (χ3v) is 5.05. The highest BCUT2D eigenvalue weighted by atomic mass is 16.6. The molecule has 0 spiro atoms. The Morgan fingerprint density at radius 2 is 2.11 bits per heavy atom. The number of rotatable bonds is 5. The van der Waals surface area contributed by atoms with Crippen LogP contribution in [-0.2, 0) is 4.79 Å². The first-order valence-electron chi connectivity index (χ1n) is 9.25. The van der Waals surface area contributed by atoms with Gasteiger partial charge in [-0.15, -0.1) is 0 Å². The van der Waals surface area contributed by atoms with E-state index in [9.17, 15) is 20.2 Å². The molecule has 1 N–H and O–H groups in total. The number of furan rings is 1. The normalized spacial score (nSPS) is 19.6. The molecule has 0 unspecified atom stereocenters. The fourth-order valence-electron chi connectivity index (χ4n) is 3.43. The lowest BCUT2D eigenvalue weighted by molar-refractivity contribution is -0.384. The summed E-state index contributed by atoms with van der Waals surface area (Å²) in [6, 6.07) is 11.4. The van der Waals surface area contributed by atoms with Crippen LogP contribution in [0.3, 0.4) is 0 Å². The molecule has 1 fully saturated rings. The van der Waals surface area contributed by atoms with E-state index in [2.05, 4.69) is 12.2 Å². The van der Waals surface area contributed by atoms with Gasteiger partial charge in [0.2, 0.25) is 0 Å². The molecule has 7 nitrogen and oxygen atoms in total. The summed E-state index contributed by atoms with van der Waals surface area (Å²) in [7, 11) is 0. The number of benzene rings is 1. The molecule has 1 heterocycles. The van der Waals surface area contributed by atoms with Crippen molar-refractivity contribution in [1.82, 2.24) is 5.32 Å². The summed E-state index contributed by atoms with van der Waals surface area (Å²) >= 11 is 0. The van der Waals surface area contributed by atoms with Crippen molar-refractivity contribution in [3.63, 3.8) is 0 Å². The standard InChI is InChI=1S/C21H21N3O4/c1-14-5-2-3-8-19(14)23-21(25)16(13-22)12-18-9-10-20(28-18)15-6-4-7-17(11-15)24(26)27/h4,6-7,9-12,14,19H,2-3,5,8H2,1H3,(H,23,25)/b16-12+/t14-,19-/m1/s1. The number of hydrogen-bond acceptors (Lipinski definition) is 5. The molecule has 28 heavy (non-hydrogen) atoms. The molecule has 1 aliphatic carbocycles. The van der Waals surface area contributed by atoms with Gasteiger partial charge >= 0.3 is 0 Å². The van der Waals surface area contributed by atoms with Gasteiger partial charge in [0.25, 0.3) is 11.6 Å². The zero-order chi connectivity index (χ0) is 20.1. The van der Waals surface area contributed by atoms with E-state index in [0.717, 1.165) is 19.3 Å². The van der Waals surface area contributed by atoms with Crippen molar-refractivity contribution in [3.05, 3.63) is 57.8 Å². The molecule has 1 aromatic heterocycles. The van der Waals surface area contributed by atoms with E-state index in [1.807, 2.05) is 6.07 Å². The molecule has 1 amide bonds. The lowest BCUT2D eigenvalue weighted by Gasteiger charge is -2.29. The number of hydrogen-bond donors (Lipinski definition) is 1. The maximum absolute atomic E-state index is 12.5. The first-order valence-corrected chi connectivity index (χ1v) is 9.25. The Hall–Kier alpha value is -3.40. The van der Waals surface area contributed by atoms with Crippen LogP contribution in [0.4, 0.5) is 5.69 Å². The second kappa shape index (κ2) is 8.53. The Balaban J connectivity index is 1.76. The van der Waals surface area contributed by atoms with Crippen molar-refractivity contribution in [3.8, 4) is 17.4 Å². The van der Waals surface area contributed by atoms with E-state index in [-0.39, 0.29) is 17.3 Å². The van der Waals surface area contributed by atoms with Gasteiger partial charge in [0.1, 0.15) is 23.2 Å². The van der Waals surface area contributed by atoms with Gasteiger partial charge in [0.15, 0.2) is 0 Å². The quantitative estimate of drug-likeness (QED) is 0.357. The number of nitro benzene ring substituents is 1. The smallest absolute Gasteiger partial charge is 0.270 e. The zero-order valence-electron chi connectivity index (χ0n) is 15.6. The second-order valence-corrected chi connectivity index (χ2v) is 7.02. The molecule has 1 aliphatic rings. The molecule has 1 saturated carbocycles. The third kappa shape index (κ3) is 4.46.